The van der Waals surface area contributed by atoms with Crippen molar-refractivity contribution in [2.24, 2.45) is 16.3 Å². The molecule has 4 N–H and O–H groups in total. The average Bonchev–Trinajstić information content (AvgIpc) is 3.89. The number of ether oxygens (including phenoxy) is 3. The molecule has 336 valence electrons. The van der Waals surface area contributed by atoms with E-state index in [1.807, 2.05) is 32.0 Å². The first-order valence-electron chi connectivity index (χ1n) is 21.8. The molecule has 0 aliphatic carbocycles. The summed E-state index contributed by atoms with van der Waals surface area (Å²) in [5, 5.41) is 19.5. The highest BCUT2D eigenvalue weighted by molar-refractivity contribution is 5.96. The monoisotopic (exact) mass is 864 g/mol. The molecule has 63 heavy (non-hydrogen) atoms. The Kier molecular flexibility index (Phi) is 13.7. The zero-order valence-electron chi connectivity index (χ0n) is 37.3. The van der Waals surface area contributed by atoms with Crippen molar-refractivity contribution in [2.75, 3.05) is 47.0 Å². The van der Waals surface area contributed by atoms with Crippen LogP contribution >= 0.6 is 0 Å². The van der Waals surface area contributed by atoms with Gasteiger partial charge in [-0.15, -0.1) is 0 Å². The maximum atomic E-state index is 14.6. The number of phenolic OH excluding ortho intramolecular Hbond substituents is 1. The number of nitrogens with zero attached hydrogens (tertiary/aromatic N) is 5. The molecule has 1 fully saturated rings. The Morgan fingerprint density at radius 2 is 1.92 bits per heavy atom. The van der Waals surface area contributed by atoms with Gasteiger partial charge in [0.05, 0.1) is 37.7 Å². The molecule has 0 spiro atoms. The van der Waals surface area contributed by atoms with Crippen molar-refractivity contribution in [3.8, 4) is 28.1 Å². The molecule has 3 aliphatic rings. The number of aliphatic imine (C=N–C) groups is 1. The van der Waals surface area contributed by atoms with E-state index in [-0.39, 0.29) is 49.7 Å². The summed E-state index contributed by atoms with van der Waals surface area (Å²) >= 11 is 0. The minimum absolute atomic E-state index is 0.00177. The quantitative estimate of drug-likeness (QED) is 0.166. The lowest BCUT2D eigenvalue weighted by atomic mass is 9.84. The maximum absolute atomic E-state index is 14.6. The van der Waals surface area contributed by atoms with E-state index in [1.54, 1.807) is 32.5 Å². The Labute approximate surface area is 368 Å². The summed E-state index contributed by atoms with van der Waals surface area (Å²) in [6.45, 7) is 12.1. The fourth-order valence-corrected chi connectivity index (χ4v) is 8.97. The minimum atomic E-state index is -1.15. The van der Waals surface area contributed by atoms with E-state index < -0.39 is 41.3 Å². The third-order valence-electron chi connectivity index (χ3n) is 12.0. The molecule has 16 heteroatoms. The Bertz CT molecular complexity index is 2390. The van der Waals surface area contributed by atoms with Gasteiger partial charge in [-0.25, -0.2) is 10.4 Å². The van der Waals surface area contributed by atoms with E-state index in [9.17, 15) is 24.3 Å². The van der Waals surface area contributed by atoms with Crippen molar-refractivity contribution >= 4 is 40.6 Å². The van der Waals surface area contributed by atoms with Gasteiger partial charge in [-0.3, -0.25) is 29.2 Å². The molecule has 7 rings (SSSR count). The van der Waals surface area contributed by atoms with E-state index in [4.69, 9.17) is 19.2 Å². The first-order chi connectivity index (χ1) is 30.2. The second kappa shape index (κ2) is 19.2. The molecule has 6 bridgehead atoms. The summed E-state index contributed by atoms with van der Waals surface area (Å²) in [6.07, 6.45) is 3.28. The Balaban J connectivity index is 1.30. The summed E-state index contributed by atoms with van der Waals surface area (Å²) in [4.78, 5) is 66.4. The highest BCUT2D eigenvalue weighted by atomic mass is 16.5. The number of cyclic esters (lactones) is 1. The van der Waals surface area contributed by atoms with Crippen LogP contribution in [0.2, 0.25) is 0 Å². The predicted octanol–water partition coefficient (Wildman–Crippen LogP) is 4.35. The van der Waals surface area contributed by atoms with Crippen LogP contribution in [-0.2, 0) is 59.4 Å². The zero-order chi connectivity index (χ0) is 45.0. The number of likely N-dealkylation sites (N-methyl/N-ethyl adjacent to an activating group) is 1. The van der Waals surface area contributed by atoms with Crippen molar-refractivity contribution in [3.63, 3.8) is 0 Å². The highest BCUT2D eigenvalue weighted by Crippen LogP contribution is 2.41. The normalized spacial score (nSPS) is 19.5. The molecule has 3 aliphatic heterocycles. The van der Waals surface area contributed by atoms with E-state index in [1.165, 1.54) is 9.91 Å². The van der Waals surface area contributed by atoms with Gasteiger partial charge in [-0.2, -0.15) is 0 Å². The van der Waals surface area contributed by atoms with Gasteiger partial charge in [0.1, 0.15) is 30.5 Å². The maximum Gasteiger partial charge on any atom is 0.324 e. The number of amidine groups is 1. The number of fused-ring (bicyclic) bond motifs is 6. The largest absolute Gasteiger partial charge is 0.508 e. The summed E-state index contributed by atoms with van der Waals surface area (Å²) < 4.78 is 19.3. The van der Waals surface area contributed by atoms with Gasteiger partial charge in [0.2, 0.25) is 11.8 Å². The standard InChI is InChI=1S/C47H60N8O8/c1-8-54-39-14-13-30-23-34(39)35(42(54)33-11-9-15-48-38(33)26-61-7)24-47(4,5)27-63-45(60)36-12-10-17-55(52-36)44(59)37(21-29-19-31(30)22-32(56)20-29)51-43(58)41(28(2)3)53(6)40(57)25-50-46-49-16-18-62-46/h9,11,13-15,19-20,22-23,28,36-37,41,52,56H,8,10,12,16-18,21,24-27H2,1-7H3,(H,49,50)(H,51,58)/t36-,37-,41-/m0/s1. The van der Waals surface area contributed by atoms with Crippen LogP contribution in [0.1, 0.15) is 64.3 Å². The van der Waals surface area contributed by atoms with Crippen LogP contribution in [0.25, 0.3) is 33.3 Å². The third-order valence-corrected chi connectivity index (χ3v) is 12.0. The number of aryl methyl sites for hydroxylation is 1. The number of methoxy groups -OCH3 is 1. The van der Waals surface area contributed by atoms with Crippen LogP contribution in [0.15, 0.2) is 59.7 Å². The molecular weight excluding hydrogens is 805 g/mol. The SMILES string of the molecule is CCn1c(-c2cccnc2COC)c2c3cc(ccc31)-c1cc(O)cc(c1)C[C@H](NC(=O)[C@H](C(C)C)N(C)C(=O)CNC1=NCCO1)C(=O)N1CCC[C@H](N1)C(=O)OCC(C)(C)C2. The molecule has 2 aromatic carbocycles. The van der Waals surface area contributed by atoms with E-state index in [0.717, 1.165) is 44.5 Å². The Morgan fingerprint density at radius 3 is 2.65 bits per heavy atom. The lowest BCUT2D eigenvalue weighted by Gasteiger charge is -2.36. The number of nitrogens with one attached hydrogen (secondary N) is 3. The van der Waals surface area contributed by atoms with Crippen LogP contribution in [0.5, 0.6) is 5.75 Å². The number of rotatable bonds is 10. The van der Waals surface area contributed by atoms with Crippen LogP contribution in [0, 0.1) is 11.3 Å². The topological polar surface area (TPSA) is 189 Å². The number of phenols is 1. The second-order valence-electron chi connectivity index (χ2n) is 17.7. The molecule has 16 nitrogen and oxygen atoms in total. The summed E-state index contributed by atoms with van der Waals surface area (Å²) in [6, 6.07) is 12.8. The number of hydrogen-bond donors (Lipinski definition) is 4. The number of pyridine rings is 1. The molecule has 3 amide bonds. The summed E-state index contributed by atoms with van der Waals surface area (Å²) in [7, 11) is 3.21. The first-order valence-corrected chi connectivity index (χ1v) is 21.8. The average molecular weight is 865 g/mol. The number of esters is 1. The molecule has 0 unspecified atom stereocenters. The number of aromatic nitrogens is 2. The number of aromatic hydroxyl groups is 1. The van der Waals surface area contributed by atoms with Crippen molar-refractivity contribution in [1.29, 1.82) is 0 Å². The lowest BCUT2D eigenvalue weighted by Crippen LogP contribution is -2.62. The molecule has 1 saturated heterocycles. The van der Waals surface area contributed by atoms with Gasteiger partial charge in [0.25, 0.3) is 11.9 Å². The fourth-order valence-electron chi connectivity index (χ4n) is 8.97. The van der Waals surface area contributed by atoms with Crippen molar-refractivity contribution in [3.05, 3.63) is 71.5 Å². The van der Waals surface area contributed by atoms with E-state index in [2.05, 4.69) is 64.6 Å². The molecule has 0 radical (unpaired) electrons. The summed E-state index contributed by atoms with van der Waals surface area (Å²) in [5.74, 6) is -2.17. The number of carbonyl (C=O) groups excluding carboxylic acids is 4. The molecule has 2 aromatic heterocycles. The second-order valence-corrected chi connectivity index (χ2v) is 17.7. The minimum Gasteiger partial charge on any atom is -0.508 e. The zero-order valence-corrected chi connectivity index (χ0v) is 37.3. The molecule has 5 heterocycles. The van der Waals surface area contributed by atoms with Gasteiger partial charge in [-0.1, -0.05) is 39.8 Å². The van der Waals surface area contributed by atoms with Gasteiger partial charge in [0.15, 0.2) is 0 Å². The summed E-state index contributed by atoms with van der Waals surface area (Å²) in [5.41, 5.74) is 9.59. The van der Waals surface area contributed by atoms with E-state index in [0.29, 0.717) is 51.1 Å². The van der Waals surface area contributed by atoms with Crippen LogP contribution < -0.4 is 16.1 Å². The number of hydrazine groups is 1. The molecular formula is C47H60N8O8. The van der Waals surface area contributed by atoms with Gasteiger partial charge < -0.3 is 39.4 Å². The van der Waals surface area contributed by atoms with Crippen molar-refractivity contribution < 1.29 is 38.5 Å². The molecule has 4 aromatic rings. The third kappa shape index (κ3) is 9.97. The van der Waals surface area contributed by atoms with Gasteiger partial charge in [-0.05, 0) is 90.8 Å². The van der Waals surface area contributed by atoms with Crippen molar-refractivity contribution in [2.45, 2.75) is 91.6 Å². The number of hydrogen-bond acceptors (Lipinski definition) is 12. The molecule has 0 saturated carbocycles. The number of amides is 3. The van der Waals surface area contributed by atoms with E-state index >= 15 is 0 Å². The van der Waals surface area contributed by atoms with Crippen LogP contribution in [0.4, 0.5) is 0 Å². The Morgan fingerprint density at radius 1 is 1.11 bits per heavy atom. The number of benzene rings is 2. The van der Waals surface area contributed by atoms with Crippen molar-refractivity contribution in [1.82, 2.24) is 35.5 Å². The lowest BCUT2D eigenvalue weighted by molar-refractivity contribution is -0.155. The first kappa shape index (κ1) is 45.0. The van der Waals surface area contributed by atoms with Crippen LogP contribution in [0.3, 0.4) is 0 Å². The fraction of sp³-hybridized carbons (Fsp3) is 0.489. The van der Waals surface area contributed by atoms with Crippen LogP contribution in [-0.4, -0.2) is 119 Å². The molecule has 3 atom stereocenters. The van der Waals surface area contributed by atoms with Gasteiger partial charge >= 0.3 is 5.97 Å². The smallest absolute Gasteiger partial charge is 0.324 e. The number of carbonyl (C=O) groups is 4. The predicted molar refractivity (Wildman–Crippen MR) is 238 cm³/mol. The highest BCUT2D eigenvalue weighted by Gasteiger charge is 2.38. The Hall–Kier alpha value is -6.00. The van der Waals surface area contributed by atoms with Gasteiger partial charge in [0, 0.05) is 61.7 Å².